The van der Waals surface area contributed by atoms with Gasteiger partial charge < -0.3 is 4.74 Å². The molecule has 5 heteroatoms. The normalized spacial score (nSPS) is 39.7. The zero-order chi connectivity index (χ0) is 16.2. The van der Waals surface area contributed by atoms with E-state index in [0.717, 1.165) is 32.1 Å². The number of imide groups is 1. The van der Waals surface area contributed by atoms with Gasteiger partial charge in [0.1, 0.15) is 0 Å². The zero-order valence-corrected chi connectivity index (χ0v) is 13.5. The highest BCUT2D eigenvalue weighted by molar-refractivity contribution is 6.09. The fourth-order valence-electron chi connectivity index (χ4n) is 5.31. The first kappa shape index (κ1) is 14.9. The molecule has 0 unspecified atom stereocenters. The molecule has 3 fully saturated rings. The Morgan fingerprint density at radius 3 is 2.52 bits per heavy atom. The number of allylic oxidation sites excluding steroid dienone is 1. The SMILES string of the molecule is COC(=O)[C@]12C=C[C@@H](CC1)[C@H]1C(=O)N(C3CCCCC3)C(=O)[C@@H]12. The Morgan fingerprint density at radius 2 is 1.91 bits per heavy atom. The fourth-order valence-corrected chi connectivity index (χ4v) is 5.31. The molecule has 0 N–H and O–H groups in total. The molecule has 0 aromatic heterocycles. The van der Waals surface area contributed by atoms with Crippen LogP contribution in [0.3, 0.4) is 0 Å². The lowest BCUT2D eigenvalue weighted by Crippen LogP contribution is -2.51. The van der Waals surface area contributed by atoms with E-state index < -0.39 is 11.3 Å². The lowest BCUT2D eigenvalue weighted by molar-refractivity contribution is -0.161. The number of hydrogen-bond donors (Lipinski definition) is 0. The number of methoxy groups -OCH3 is 1. The summed E-state index contributed by atoms with van der Waals surface area (Å²) in [7, 11) is 1.36. The molecular weight excluding hydrogens is 294 g/mol. The minimum atomic E-state index is -0.926. The number of amides is 2. The van der Waals surface area contributed by atoms with Gasteiger partial charge in [-0.3, -0.25) is 19.3 Å². The van der Waals surface area contributed by atoms with Gasteiger partial charge in [0.2, 0.25) is 11.8 Å². The van der Waals surface area contributed by atoms with Crippen molar-refractivity contribution in [3.8, 4) is 0 Å². The number of carbonyl (C=O) groups is 3. The van der Waals surface area contributed by atoms with Gasteiger partial charge in [0.15, 0.2) is 0 Å². The third-order valence-corrected chi connectivity index (χ3v) is 6.44. The second-order valence-corrected chi connectivity index (χ2v) is 7.44. The van der Waals surface area contributed by atoms with Crippen LogP contribution in [-0.2, 0) is 19.1 Å². The van der Waals surface area contributed by atoms with E-state index in [1.807, 2.05) is 12.2 Å². The average Bonchev–Trinajstić information content (AvgIpc) is 2.89. The van der Waals surface area contributed by atoms with Crippen LogP contribution in [0, 0.1) is 23.2 Å². The first-order valence-electron chi connectivity index (χ1n) is 8.75. The summed E-state index contributed by atoms with van der Waals surface area (Å²) in [5.41, 5.74) is -0.926. The first-order chi connectivity index (χ1) is 11.1. The van der Waals surface area contributed by atoms with Gasteiger partial charge in [0, 0.05) is 6.04 Å². The predicted octanol–water partition coefficient (Wildman–Crippen LogP) is 2.06. The zero-order valence-electron chi connectivity index (χ0n) is 13.5. The lowest BCUT2D eigenvalue weighted by Gasteiger charge is -2.45. The molecule has 0 aromatic rings. The topological polar surface area (TPSA) is 63.7 Å². The van der Waals surface area contributed by atoms with Crippen LogP contribution < -0.4 is 0 Å². The number of rotatable bonds is 2. The van der Waals surface area contributed by atoms with Crippen LogP contribution in [0.5, 0.6) is 0 Å². The minimum absolute atomic E-state index is 0.0310. The highest BCUT2D eigenvalue weighted by Crippen LogP contribution is 2.57. The highest BCUT2D eigenvalue weighted by atomic mass is 16.5. The van der Waals surface area contributed by atoms with Gasteiger partial charge in [-0.05, 0) is 31.6 Å². The van der Waals surface area contributed by atoms with Crippen LogP contribution in [-0.4, -0.2) is 35.8 Å². The molecule has 2 bridgehead atoms. The van der Waals surface area contributed by atoms with Crippen LogP contribution in [0.1, 0.15) is 44.9 Å². The summed E-state index contributed by atoms with van der Waals surface area (Å²) < 4.78 is 5.01. The Hall–Kier alpha value is -1.65. The Kier molecular flexibility index (Phi) is 3.36. The molecule has 1 saturated heterocycles. The predicted molar refractivity (Wildman–Crippen MR) is 82.0 cm³/mol. The second kappa shape index (κ2) is 5.18. The van der Waals surface area contributed by atoms with E-state index in [0.29, 0.717) is 6.42 Å². The molecule has 2 saturated carbocycles. The second-order valence-electron chi connectivity index (χ2n) is 7.44. The van der Waals surface area contributed by atoms with Crippen molar-refractivity contribution < 1.29 is 19.1 Å². The fraction of sp³-hybridized carbons (Fsp3) is 0.722. The van der Waals surface area contributed by atoms with E-state index in [1.54, 1.807) is 0 Å². The molecular formula is C18H23NO4. The van der Waals surface area contributed by atoms with E-state index in [2.05, 4.69) is 0 Å². The lowest BCUT2D eigenvalue weighted by atomic mass is 9.55. The molecule has 0 spiro atoms. The number of esters is 1. The van der Waals surface area contributed by atoms with Gasteiger partial charge in [-0.25, -0.2) is 0 Å². The van der Waals surface area contributed by atoms with Crippen molar-refractivity contribution in [2.24, 2.45) is 23.2 Å². The van der Waals surface area contributed by atoms with Gasteiger partial charge in [0.05, 0.1) is 24.4 Å². The van der Waals surface area contributed by atoms with Crippen molar-refractivity contribution in [1.82, 2.24) is 4.90 Å². The summed E-state index contributed by atoms with van der Waals surface area (Å²) in [5, 5.41) is 0. The van der Waals surface area contributed by atoms with Crippen LogP contribution >= 0.6 is 0 Å². The number of fused-ring (bicyclic) bond motifs is 1. The largest absolute Gasteiger partial charge is 0.468 e. The Morgan fingerprint density at radius 1 is 1.17 bits per heavy atom. The maximum absolute atomic E-state index is 13.1. The number of ether oxygens (including phenoxy) is 1. The van der Waals surface area contributed by atoms with E-state index in [4.69, 9.17) is 4.74 Å². The van der Waals surface area contributed by atoms with Crippen molar-refractivity contribution in [3.63, 3.8) is 0 Å². The van der Waals surface area contributed by atoms with Crippen molar-refractivity contribution in [2.75, 3.05) is 7.11 Å². The summed E-state index contributed by atoms with van der Waals surface area (Å²) >= 11 is 0. The summed E-state index contributed by atoms with van der Waals surface area (Å²) in [6.45, 7) is 0. The van der Waals surface area contributed by atoms with E-state index in [9.17, 15) is 14.4 Å². The highest BCUT2D eigenvalue weighted by Gasteiger charge is 2.66. The number of carbonyl (C=O) groups excluding carboxylic acids is 3. The molecule has 4 atom stereocenters. The van der Waals surface area contributed by atoms with Gasteiger partial charge in [-0.2, -0.15) is 0 Å². The van der Waals surface area contributed by atoms with Crippen LogP contribution in [0.25, 0.3) is 0 Å². The van der Waals surface area contributed by atoms with Crippen molar-refractivity contribution >= 4 is 17.8 Å². The maximum Gasteiger partial charge on any atom is 0.316 e. The molecule has 5 nitrogen and oxygen atoms in total. The van der Waals surface area contributed by atoms with Crippen LogP contribution in [0.2, 0.25) is 0 Å². The maximum atomic E-state index is 13.1. The van der Waals surface area contributed by atoms with E-state index >= 15 is 0 Å². The van der Waals surface area contributed by atoms with Crippen molar-refractivity contribution in [2.45, 2.75) is 51.0 Å². The third-order valence-electron chi connectivity index (χ3n) is 6.44. The number of hydrogen-bond acceptors (Lipinski definition) is 4. The van der Waals surface area contributed by atoms with Crippen molar-refractivity contribution in [3.05, 3.63) is 12.2 Å². The molecule has 1 aliphatic heterocycles. The minimum Gasteiger partial charge on any atom is -0.468 e. The van der Waals surface area contributed by atoms with Gasteiger partial charge in [-0.1, -0.05) is 31.4 Å². The van der Waals surface area contributed by atoms with Crippen molar-refractivity contribution in [1.29, 1.82) is 0 Å². The molecule has 124 valence electrons. The molecule has 5 rings (SSSR count). The quantitative estimate of drug-likeness (QED) is 0.444. The van der Waals surface area contributed by atoms with E-state index in [-0.39, 0.29) is 35.7 Å². The van der Waals surface area contributed by atoms with Gasteiger partial charge in [-0.15, -0.1) is 0 Å². The van der Waals surface area contributed by atoms with Crippen LogP contribution in [0.4, 0.5) is 0 Å². The average molecular weight is 317 g/mol. The standard InChI is InChI=1S/C18H23NO4/c1-23-17(22)18-9-7-11(8-10-18)13-14(18)16(21)19(15(13)20)12-5-3-2-4-6-12/h7,9,11-14H,2-6,8,10H2,1H3/t11-,13+,14+,18+/m0/s1. The van der Waals surface area contributed by atoms with Gasteiger partial charge in [0.25, 0.3) is 0 Å². The summed E-state index contributed by atoms with van der Waals surface area (Å²) in [6.07, 6.45) is 10.3. The Labute approximate surface area is 136 Å². The monoisotopic (exact) mass is 317 g/mol. The Bertz CT molecular complexity index is 592. The van der Waals surface area contributed by atoms with Crippen LogP contribution in [0.15, 0.2) is 12.2 Å². The van der Waals surface area contributed by atoms with Gasteiger partial charge >= 0.3 is 5.97 Å². The molecule has 0 aromatic carbocycles. The Balaban J connectivity index is 1.73. The number of likely N-dealkylation sites (tertiary alicyclic amines) is 1. The molecule has 0 radical (unpaired) electrons. The molecule has 4 aliphatic carbocycles. The molecule has 5 aliphatic rings. The summed E-state index contributed by atoms with van der Waals surface area (Å²) in [5.74, 6) is -1.36. The summed E-state index contributed by atoms with van der Waals surface area (Å²) in [4.78, 5) is 40.1. The molecule has 23 heavy (non-hydrogen) atoms. The molecule has 1 heterocycles. The van der Waals surface area contributed by atoms with E-state index in [1.165, 1.54) is 18.4 Å². The number of nitrogens with zero attached hydrogens (tertiary/aromatic N) is 1. The smallest absolute Gasteiger partial charge is 0.316 e. The third kappa shape index (κ3) is 1.88. The molecule has 2 amide bonds. The summed E-state index contributed by atoms with van der Waals surface area (Å²) in [6, 6.07) is 0.0310. The first-order valence-corrected chi connectivity index (χ1v) is 8.75.